The van der Waals surface area contributed by atoms with Crippen molar-refractivity contribution in [1.82, 2.24) is 14.5 Å². The Kier molecular flexibility index (Phi) is 6.01. The molecule has 0 fully saturated rings. The van der Waals surface area contributed by atoms with Gasteiger partial charge in [0.25, 0.3) is 0 Å². The Morgan fingerprint density at radius 2 is 1.67 bits per heavy atom. The third-order valence-corrected chi connectivity index (χ3v) is 6.93. The highest BCUT2D eigenvalue weighted by atomic mass is 32.2. The van der Waals surface area contributed by atoms with E-state index in [0.717, 1.165) is 13.1 Å². The first-order chi connectivity index (χ1) is 14.4. The van der Waals surface area contributed by atoms with E-state index in [1.807, 2.05) is 12.1 Å². The Labute approximate surface area is 174 Å². The molecule has 9 nitrogen and oxygen atoms in total. The van der Waals surface area contributed by atoms with Gasteiger partial charge in [0.15, 0.2) is 17.0 Å². The van der Waals surface area contributed by atoms with Gasteiger partial charge in [0.2, 0.25) is 9.84 Å². The third-order valence-electron chi connectivity index (χ3n) is 5.09. The summed E-state index contributed by atoms with van der Waals surface area (Å²) in [4.78, 5) is 9.59. The Morgan fingerprint density at radius 3 is 2.23 bits per heavy atom. The second kappa shape index (κ2) is 8.49. The Bertz CT molecular complexity index is 1260. The average molecular weight is 425 g/mol. The van der Waals surface area contributed by atoms with Gasteiger partial charge in [0.1, 0.15) is 28.4 Å². The minimum absolute atomic E-state index is 0.000566. The molecule has 3 aromatic rings. The van der Waals surface area contributed by atoms with Crippen molar-refractivity contribution in [1.29, 1.82) is 10.5 Å². The number of likely N-dealkylation sites (N-methyl/N-ethyl adjacent to an activating group) is 1. The van der Waals surface area contributed by atoms with E-state index < -0.39 is 9.84 Å². The summed E-state index contributed by atoms with van der Waals surface area (Å²) in [7, 11) is -4.02. The molecule has 0 bridgehead atoms. The van der Waals surface area contributed by atoms with Crippen molar-refractivity contribution in [2.24, 2.45) is 0 Å². The highest BCUT2D eigenvalue weighted by Crippen LogP contribution is 2.34. The Balaban J connectivity index is 2.31. The van der Waals surface area contributed by atoms with Crippen LogP contribution in [0.25, 0.3) is 11.2 Å². The maximum atomic E-state index is 13.4. The maximum absolute atomic E-state index is 13.4. The number of nitrogens with zero attached hydrogens (tertiary/aromatic N) is 5. The molecule has 0 atom stereocenters. The molecule has 0 aliphatic carbocycles. The molecule has 10 heteroatoms. The molecule has 0 amide bonds. The van der Waals surface area contributed by atoms with E-state index in [4.69, 9.17) is 5.73 Å². The van der Waals surface area contributed by atoms with Gasteiger partial charge in [0.05, 0.1) is 31.1 Å². The molecule has 0 saturated carbocycles. The molecule has 0 aliphatic heterocycles. The number of benzene rings is 1. The average Bonchev–Trinajstić information content (AvgIpc) is 3.04. The normalized spacial score (nSPS) is 11.5. The van der Waals surface area contributed by atoms with Crippen LogP contribution in [0.5, 0.6) is 0 Å². The van der Waals surface area contributed by atoms with Gasteiger partial charge in [-0.1, -0.05) is 18.2 Å². The summed E-state index contributed by atoms with van der Waals surface area (Å²) in [6, 6.07) is 11.5. The summed E-state index contributed by atoms with van der Waals surface area (Å²) in [6.07, 6.45) is 0. The molecule has 3 rings (SSSR count). The fourth-order valence-electron chi connectivity index (χ4n) is 3.36. The molecule has 0 spiro atoms. The maximum Gasteiger partial charge on any atom is 0.212 e. The largest absolute Gasteiger partial charge is 0.384 e. The zero-order valence-corrected chi connectivity index (χ0v) is 17.6. The predicted octanol–water partition coefficient (Wildman–Crippen LogP) is 0.514. The smallest absolute Gasteiger partial charge is 0.212 e. The first-order valence-electron chi connectivity index (χ1n) is 9.52. The number of aromatic nitrogens is 3. The zero-order chi connectivity index (χ0) is 21.9. The number of fused-ring (bicyclic) bond motifs is 1. The number of sulfone groups is 1. The van der Waals surface area contributed by atoms with Crippen LogP contribution in [-0.2, 0) is 16.4 Å². The number of rotatable bonds is 7. The lowest BCUT2D eigenvalue weighted by atomic mass is 10.3. The summed E-state index contributed by atoms with van der Waals surface area (Å²) < 4.78 is 28.3. The van der Waals surface area contributed by atoms with E-state index in [1.165, 1.54) is 17.0 Å². The van der Waals surface area contributed by atoms with Gasteiger partial charge < -0.3 is 15.2 Å². The lowest BCUT2D eigenvalue weighted by Gasteiger charge is -2.16. The summed E-state index contributed by atoms with van der Waals surface area (Å²) in [6.45, 7) is 7.02. The van der Waals surface area contributed by atoms with E-state index in [2.05, 4.69) is 23.8 Å². The molecule has 0 unspecified atom stereocenters. The lowest BCUT2D eigenvalue weighted by Crippen LogP contribution is -3.11. The molecule has 0 saturated heterocycles. The number of quaternary nitrogens is 1. The van der Waals surface area contributed by atoms with Crippen molar-refractivity contribution in [3.8, 4) is 12.1 Å². The standard InChI is InChI=1S/C20H21N7O2S/c1-3-26(4-2)10-11-27-19(23)18(30(28,29)14-8-6-5-7-9-14)17-20(27)25-16(13-22)15(12-21)24-17/h5-9H,3-4,10-11,23H2,1-2H3/p+1. The van der Waals surface area contributed by atoms with Gasteiger partial charge in [-0.15, -0.1) is 0 Å². The van der Waals surface area contributed by atoms with Gasteiger partial charge in [-0.25, -0.2) is 18.4 Å². The van der Waals surface area contributed by atoms with Crippen LogP contribution in [0, 0.1) is 22.7 Å². The minimum Gasteiger partial charge on any atom is -0.384 e. The predicted molar refractivity (Wildman–Crippen MR) is 110 cm³/mol. The second-order valence-corrected chi connectivity index (χ2v) is 8.59. The SMILES string of the molecule is CC[NH+](CC)CCn1c(N)c(S(=O)(=O)c2ccccc2)c2nc(C#N)c(C#N)nc21. The number of nitrogens with two attached hydrogens (primary N) is 1. The van der Waals surface area contributed by atoms with Crippen LogP contribution in [0.2, 0.25) is 0 Å². The quantitative estimate of drug-likeness (QED) is 0.562. The highest BCUT2D eigenvalue weighted by molar-refractivity contribution is 7.92. The Hall–Kier alpha value is -3.47. The summed E-state index contributed by atoms with van der Waals surface area (Å²) >= 11 is 0. The molecule has 1 aromatic carbocycles. The van der Waals surface area contributed by atoms with Gasteiger partial charge >= 0.3 is 0 Å². The number of hydrogen-bond donors (Lipinski definition) is 2. The van der Waals surface area contributed by atoms with Crippen molar-refractivity contribution >= 4 is 26.8 Å². The van der Waals surface area contributed by atoms with Crippen LogP contribution in [0.3, 0.4) is 0 Å². The Morgan fingerprint density at radius 1 is 1.07 bits per heavy atom. The fraction of sp³-hybridized carbons (Fsp3) is 0.300. The van der Waals surface area contributed by atoms with Gasteiger partial charge in [-0.2, -0.15) is 10.5 Å². The topological polar surface area (TPSA) is 143 Å². The van der Waals surface area contributed by atoms with Crippen LogP contribution >= 0.6 is 0 Å². The van der Waals surface area contributed by atoms with E-state index in [0.29, 0.717) is 13.1 Å². The molecule has 2 heterocycles. The third kappa shape index (κ3) is 3.59. The van der Waals surface area contributed by atoms with Crippen molar-refractivity contribution < 1.29 is 13.3 Å². The zero-order valence-electron chi connectivity index (χ0n) is 16.8. The van der Waals surface area contributed by atoms with Crippen LogP contribution in [0.4, 0.5) is 5.82 Å². The van der Waals surface area contributed by atoms with Crippen LogP contribution in [0.15, 0.2) is 40.1 Å². The van der Waals surface area contributed by atoms with Gasteiger partial charge in [0, 0.05) is 0 Å². The number of anilines is 1. The second-order valence-electron chi connectivity index (χ2n) is 6.71. The minimum atomic E-state index is -4.02. The van der Waals surface area contributed by atoms with Gasteiger partial charge in [-0.3, -0.25) is 0 Å². The number of nitriles is 2. The molecule has 0 aliphatic rings. The van der Waals surface area contributed by atoms with Crippen LogP contribution < -0.4 is 10.6 Å². The molecular formula is C20H22N7O2S+. The van der Waals surface area contributed by atoms with E-state index in [1.54, 1.807) is 22.8 Å². The molecular weight excluding hydrogens is 402 g/mol. The van der Waals surface area contributed by atoms with Crippen LogP contribution in [-0.4, -0.2) is 42.6 Å². The van der Waals surface area contributed by atoms with Gasteiger partial charge in [-0.05, 0) is 26.0 Å². The van der Waals surface area contributed by atoms with Crippen molar-refractivity contribution in [3.05, 3.63) is 41.7 Å². The summed E-state index contributed by atoms with van der Waals surface area (Å²) in [5, 5.41) is 18.7. The molecule has 30 heavy (non-hydrogen) atoms. The highest BCUT2D eigenvalue weighted by Gasteiger charge is 2.31. The molecule has 2 aromatic heterocycles. The number of hydrogen-bond acceptors (Lipinski definition) is 7. The number of nitrogens with one attached hydrogen (secondary N) is 1. The van der Waals surface area contributed by atoms with E-state index >= 15 is 0 Å². The summed E-state index contributed by atoms with van der Waals surface area (Å²) in [5.41, 5.74) is 6.11. The number of nitrogen functional groups attached to an aromatic ring is 1. The molecule has 154 valence electrons. The van der Waals surface area contributed by atoms with Crippen molar-refractivity contribution in [2.75, 3.05) is 25.4 Å². The van der Waals surface area contributed by atoms with Crippen molar-refractivity contribution in [3.63, 3.8) is 0 Å². The monoisotopic (exact) mass is 424 g/mol. The van der Waals surface area contributed by atoms with E-state index in [9.17, 15) is 18.9 Å². The first kappa shape index (κ1) is 21.2. The summed E-state index contributed by atoms with van der Waals surface area (Å²) in [5.74, 6) is -0.000566. The molecule has 0 radical (unpaired) electrons. The van der Waals surface area contributed by atoms with Crippen molar-refractivity contribution in [2.45, 2.75) is 30.2 Å². The molecule has 3 N–H and O–H groups in total. The first-order valence-corrected chi connectivity index (χ1v) is 11.0. The van der Waals surface area contributed by atoms with E-state index in [-0.39, 0.29) is 38.2 Å². The lowest BCUT2D eigenvalue weighted by molar-refractivity contribution is -0.897. The van der Waals surface area contributed by atoms with Crippen LogP contribution in [0.1, 0.15) is 25.2 Å². The fourth-order valence-corrected chi connectivity index (χ4v) is 4.89.